The predicted molar refractivity (Wildman–Crippen MR) is 88.8 cm³/mol. The van der Waals surface area contributed by atoms with Crippen LogP contribution in [0.3, 0.4) is 0 Å². The smallest absolute Gasteiger partial charge is 0.307 e. The average Bonchev–Trinajstić information content (AvgIpc) is 2.75. The van der Waals surface area contributed by atoms with Gasteiger partial charge < -0.3 is 9.67 Å². The van der Waals surface area contributed by atoms with Crippen molar-refractivity contribution in [2.45, 2.75) is 13.0 Å². The molecule has 0 aliphatic rings. The molecule has 3 rings (SSSR count). The van der Waals surface area contributed by atoms with Crippen molar-refractivity contribution in [3.63, 3.8) is 0 Å². The van der Waals surface area contributed by atoms with Crippen LogP contribution in [0, 0.1) is 0 Å². The van der Waals surface area contributed by atoms with Gasteiger partial charge in [-0.2, -0.15) is 0 Å². The molecule has 1 N–H and O–H groups in total. The molecule has 112 valence electrons. The van der Waals surface area contributed by atoms with Gasteiger partial charge in [-0.05, 0) is 35.4 Å². The number of benzene rings is 2. The summed E-state index contributed by atoms with van der Waals surface area (Å²) >= 11 is 12.1. The fraction of sp³-hybridized carbons (Fsp3) is 0.118. The standard InChI is InChI=1S/C17H13Cl2NO2/c18-13-3-1-2-11(6-13)9-20-10-12(7-17(21)22)15-5-4-14(19)8-16(15)20/h1-6,8,10H,7,9H2,(H,21,22). The lowest BCUT2D eigenvalue weighted by molar-refractivity contribution is -0.136. The maximum absolute atomic E-state index is 11.0. The molecule has 0 fully saturated rings. The average molecular weight is 334 g/mol. The van der Waals surface area contributed by atoms with Gasteiger partial charge in [0, 0.05) is 28.2 Å². The Kier molecular flexibility index (Phi) is 4.10. The summed E-state index contributed by atoms with van der Waals surface area (Å²) in [7, 11) is 0. The topological polar surface area (TPSA) is 42.2 Å². The van der Waals surface area contributed by atoms with Crippen molar-refractivity contribution in [3.8, 4) is 0 Å². The van der Waals surface area contributed by atoms with E-state index in [0.717, 1.165) is 22.0 Å². The van der Waals surface area contributed by atoms with Crippen LogP contribution in [0.5, 0.6) is 0 Å². The van der Waals surface area contributed by atoms with Crippen LogP contribution < -0.4 is 0 Å². The van der Waals surface area contributed by atoms with Crippen molar-refractivity contribution < 1.29 is 9.90 Å². The van der Waals surface area contributed by atoms with Crippen LogP contribution in [0.2, 0.25) is 10.0 Å². The molecule has 0 spiro atoms. The second kappa shape index (κ2) is 6.03. The Labute approximate surface area is 137 Å². The molecule has 0 aliphatic heterocycles. The van der Waals surface area contributed by atoms with Crippen molar-refractivity contribution in [2.75, 3.05) is 0 Å². The molecular formula is C17H13Cl2NO2. The highest BCUT2D eigenvalue weighted by Crippen LogP contribution is 2.26. The van der Waals surface area contributed by atoms with E-state index in [-0.39, 0.29) is 6.42 Å². The zero-order valence-electron chi connectivity index (χ0n) is 11.6. The van der Waals surface area contributed by atoms with Crippen LogP contribution in [-0.4, -0.2) is 15.6 Å². The summed E-state index contributed by atoms with van der Waals surface area (Å²) in [5, 5.41) is 11.3. The first-order valence-corrected chi connectivity index (χ1v) is 7.52. The van der Waals surface area contributed by atoms with Crippen molar-refractivity contribution >= 4 is 40.1 Å². The number of nitrogens with zero attached hydrogens (tertiary/aromatic N) is 1. The Morgan fingerprint density at radius 1 is 1.09 bits per heavy atom. The maximum Gasteiger partial charge on any atom is 0.307 e. The van der Waals surface area contributed by atoms with Crippen molar-refractivity contribution in [1.29, 1.82) is 0 Å². The Morgan fingerprint density at radius 2 is 1.86 bits per heavy atom. The SMILES string of the molecule is O=C(O)Cc1cn(Cc2cccc(Cl)c2)c2cc(Cl)ccc12. The fourth-order valence-electron chi connectivity index (χ4n) is 2.61. The molecule has 2 aromatic carbocycles. The third-order valence-electron chi connectivity index (χ3n) is 3.51. The summed E-state index contributed by atoms with van der Waals surface area (Å²) in [5.41, 5.74) is 2.75. The van der Waals surface area contributed by atoms with Gasteiger partial charge in [-0.15, -0.1) is 0 Å². The first kappa shape index (κ1) is 14.9. The number of carboxylic acids is 1. The molecule has 5 heteroatoms. The minimum Gasteiger partial charge on any atom is -0.481 e. The monoisotopic (exact) mass is 333 g/mol. The molecule has 0 saturated heterocycles. The Balaban J connectivity index is 2.08. The van der Waals surface area contributed by atoms with Crippen molar-refractivity contribution in [1.82, 2.24) is 4.57 Å². The Bertz CT molecular complexity index is 855. The van der Waals surface area contributed by atoms with E-state index in [1.165, 1.54) is 0 Å². The highest BCUT2D eigenvalue weighted by molar-refractivity contribution is 6.31. The van der Waals surface area contributed by atoms with E-state index in [1.54, 1.807) is 6.07 Å². The molecule has 3 nitrogen and oxygen atoms in total. The van der Waals surface area contributed by atoms with Gasteiger partial charge >= 0.3 is 5.97 Å². The van der Waals surface area contributed by atoms with E-state index in [9.17, 15) is 4.79 Å². The van der Waals surface area contributed by atoms with Crippen LogP contribution in [-0.2, 0) is 17.8 Å². The minimum absolute atomic E-state index is 0.0132. The van der Waals surface area contributed by atoms with Crippen molar-refractivity contribution in [3.05, 3.63) is 69.8 Å². The number of carboxylic acid groups (broad SMARTS) is 1. The molecule has 0 amide bonds. The quantitative estimate of drug-likeness (QED) is 0.756. The molecule has 1 aromatic heterocycles. The molecule has 22 heavy (non-hydrogen) atoms. The lowest BCUT2D eigenvalue weighted by Gasteiger charge is -2.06. The molecule has 0 unspecified atom stereocenters. The number of carbonyl (C=O) groups is 1. The van der Waals surface area contributed by atoms with E-state index in [2.05, 4.69) is 0 Å². The van der Waals surface area contributed by atoms with Gasteiger partial charge in [0.05, 0.1) is 11.9 Å². The number of halogens is 2. The summed E-state index contributed by atoms with van der Waals surface area (Å²) < 4.78 is 2.01. The lowest BCUT2D eigenvalue weighted by Crippen LogP contribution is -2.00. The molecule has 0 atom stereocenters. The van der Waals surface area contributed by atoms with Crippen LogP contribution in [0.25, 0.3) is 10.9 Å². The van der Waals surface area contributed by atoms with Crippen LogP contribution in [0.4, 0.5) is 0 Å². The first-order valence-electron chi connectivity index (χ1n) is 6.76. The number of rotatable bonds is 4. The van der Waals surface area contributed by atoms with E-state index in [0.29, 0.717) is 16.6 Å². The Hall–Kier alpha value is -1.97. The highest BCUT2D eigenvalue weighted by Gasteiger charge is 2.12. The second-order valence-electron chi connectivity index (χ2n) is 5.14. The van der Waals surface area contributed by atoms with Gasteiger partial charge in [0.25, 0.3) is 0 Å². The molecule has 0 aliphatic carbocycles. The number of aliphatic carboxylic acids is 1. The number of fused-ring (bicyclic) bond motifs is 1. The lowest BCUT2D eigenvalue weighted by atomic mass is 10.1. The van der Waals surface area contributed by atoms with Gasteiger partial charge in [-0.1, -0.05) is 41.4 Å². The fourth-order valence-corrected chi connectivity index (χ4v) is 2.99. The van der Waals surface area contributed by atoms with Crippen LogP contribution in [0.1, 0.15) is 11.1 Å². The zero-order chi connectivity index (χ0) is 15.7. The van der Waals surface area contributed by atoms with E-state index in [4.69, 9.17) is 28.3 Å². The zero-order valence-corrected chi connectivity index (χ0v) is 13.1. The first-order chi connectivity index (χ1) is 10.5. The molecule has 3 aromatic rings. The molecule has 0 bridgehead atoms. The number of hydrogen-bond acceptors (Lipinski definition) is 1. The maximum atomic E-state index is 11.0. The second-order valence-corrected chi connectivity index (χ2v) is 6.02. The van der Waals surface area contributed by atoms with E-state index >= 15 is 0 Å². The molecule has 0 saturated carbocycles. The molecule has 0 radical (unpaired) electrons. The molecular weight excluding hydrogens is 321 g/mol. The summed E-state index contributed by atoms with van der Waals surface area (Å²) in [4.78, 5) is 11.0. The van der Waals surface area contributed by atoms with Gasteiger partial charge in [0.2, 0.25) is 0 Å². The summed E-state index contributed by atoms with van der Waals surface area (Å²) in [5.74, 6) is -0.850. The van der Waals surface area contributed by atoms with Gasteiger partial charge in [-0.3, -0.25) is 4.79 Å². The largest absolute Gasteiger partial charge is 0.481 e. The third-order valence-corrected chi connectivity index (χ3v) is 3.98. The summed E-state index contributed by atoms with van der Waals surface area (Å²) in [6, 6.07) is 13.1. The minimum atomic E-state index is -0.850. The number of aromatic nitrogens is 1. The predicted octanol–water partition coefficient (Wildman–Crippen LogP) is 4.62. The summed E-state index contributed by atoms with van der Waals surface area (Å²) in [6.07, 6.45) is 1.86. The summed E-state index contributed by atoms with van der Waals surface area (Å²) in [6.45, 7) is 0.608. The van der Waals surface area contributed by atoms with Crippen molar-refractivity contribution in [2.24, 2.45) is 0 Å². The van der Waals surface area contributed by atoms with E-state index in [1.807, 2.05) is 47.2 Å². The molecule has 1 heterocycles. The van der Waals surface area contributed by atoms with Gasteiger partial charge in [0.1, 0.15) is 0 Å². The third kappa shape index (κ3) is 3.11. The van der Waals surface area contributed by atoms with Gasteiger partial charge in [0.15, 0.2) is 0 Å². The normalized spacial score (nSPS) is 11.0. The number of hydrogen-bond donors (Lipinski definition) is 1. The highest BCUT2D eigenvalue weighted by atomic mass is 35.5. The van der Waals surface area contributed by atoms with Gasteiger partial charge in [-0.25, -0.2) is 0 Å². The van der Waals surface area contributed by atoms with Crippen LogP contribution in [0.15, 0.2) is 48.7 Å². The van der Waals surface area contributed by atoms with Crippen LogP contribution >= 0.6 is 23.2 Å². The Morgan fingerprint density at radius 3 is 2.59 bits per heavy atom. The van der Waals surface area contributed by atoms with E-state index < -0.39 is 5.97 Å².